The van der Waals surface area contributed by atoms with Crippen molar-refractivity contribution < 1.29 is 26.3 Å². The molecule has 1 heterocycles. The van der Waals surface area contributed by atoms with E-state index in [4.69, 9.17) is 20.2 Å². The van der Waals surface area contributed by atoms with E-state index in [1.165, 1.54) is 43.8 Å². The van der Waals surface area contributed by atoms with Crippen LogP contribution >= 0.6 is 22.0 Å². The smallest absolute Gasteiger partial charge is 0.262 e. The monoisotopic (exact) mass is 497 g/mol. The summed E-state index contributed by atoms with van der Waals surface area (Å²) < 4.78 is 64.5. The number of benzene rings is 3. The molecule has 0 aliphatic carbocycles. The maximum Gasteiger partial charge on any atom is 0.262 e. The van der Waals surface area contributed by atoms with E-state index in [9.17, 15) is 16.8 Å². The fraction of sp³-hybridized carbons (Fsp3) is 0.100. The minimum absolute atomic E-state index is 0.00510. The van der Waals surface area contributed by atoms with E-state index in [0.29, 0.717) is 37.4 Å². The lowest BCUT2D eigenvalue weighted by molar-refractivity contribution is 0.415. The summed E-state index contributed by atoms with van der Waals surface area (Å²) in [5.41, 5.74) is 0.355. The molecule has 0 radical (unpaired) electrons. The van der Waals surface area contributed by atoms with Gasteiger partial charge in [-0.1, -0.05) is 0 Å². The third-order valence-corrected chi connectivity index (χ3v) is 8.61. The lowest BCUT2D eigenvalue weighted by Crippen LogP contribution is -2.13. The van der Waals surface area contributed by atoms with Gasteiger partial charge in [0.05, 0.1) is 28.7 Å². The molecule has 4 rings (SSSR count). The van der Waals surface area contributed by atoms with Crippen molar-refractivity contribution in [3.05, 3.63) is 54.6 Å². The van der Waals surface area contributed by atoms with E-state index in [1.54, 1.807) is 36.4 Å². The summed E-state index contributed by atoms with van der Waals surface area (Å²) in [6, 6.07) is 13.8. The molecule has 0 atom stereocenters. The molecule has 0 aliphatic rings. The van der Waals surface area contributed by atoms with E-state index >= 15 is 0 Å². The Morgan fingerprint density at radius 1 is 0.903 bits per heavy atom. The van der Waals surface area contributed by atoms with Crippen LogP contribution in [-0.4, -0.2) is 31.1 Å². The molecule has 0 unspecified atom stereocenters. The quantitative estimate of drug-likeness (QED) is 0.384. The van der Waals surface area contributed by atoms with Gasteiger partial charge in [0.2, 0.25) is 0 Å². The van der Waals surface area contributed by atoms with Crippen LogP contribution in [0.1, 0.15) is 0 Å². The van der Waals surface area contributed by atoms with Crippen LogP contribution in [-0.2, 0) is 19.1 Å². The second-order valence-electron chi connectivity index (χ2n) is 6.50. The molecule has 0 fully saturated rings. The molecule has 162 valence electrons. The van der Waals surface area contributed by atoms with Crippen molar-refractivity contribution in [2.75, 3.05) is 18.9 Å². The zero-order valence-corrected chi connectivity index (χ0v) is 19.5. The zero-order valence-electron chi connectivity index (χ0n) is 16.2. The zero-order chi connectivity index (χ0) is 22.4. The highest BCUT2D eigenvalue weighted by atomic mass is 35.7. The molecular formula is C20H16ClNO6S3. The van der Waals surface area contributed by atoms with Gasteiger partial charge in [0.25, 0.3) is 19.1 Å². The minimum atomic E-state index is -4.02. The van der Waals surface area contributed by atoms with Crippen LogP contribution < -0.4 is 14.2 Å². The van der Waals surface area contributed by atoms with Crippen molar-refractivity contribution in [3.63, 3.8) is 0 Å². The Hall–Kier alpha value is -2.53. The number of thiophene rings is 1. The standard InChI is InChI=1S/C20H16ClNO6S3/c1-27-13-5-3-12(4-6-13)22-31(25,26)18-10-8-16(28-2)20-19(18)15-11-14(30(21,23)24)7-9-17(15)29-20/h3-11,22H,1-2H3. The second kappa shape index (κ2) is 7.86. The molecule has 3 aromatic carbocycles. The number of fused-ring (bicyclic) bond motifs is 3. The maximum atomic E-state index is 13.3. The first-order chi connectivity index (χ1) is 14.6. The molecule has 1 N–H and O–H groups in total. The third kappa shape index (κ3) is 4.03. The average Bonchev–Trinajstić information content (AvgIpc) is 3.11. The fourth-order valence-electron chi connectivity index (χ4n) is 3.21. The molecule has 0 bridgehead atoms. The number of rotatable bonds is 6. The van der Waals surface area contributed by atoms with E-state index in [-0.39, 0.29) is 9.79 Å². The van der Waals surface area contributed by atoms with Gasteiger partial charge in [0.15, 0.2) is 0 Å². The van der Waals surface area contributed by atoms with Crippen LogP contribution in [0.3, 0.4) is 0 Å². The Labute approximate surface area is 187 Å². The predicted molar refractivity (Wildman–Crippen MR) is 123 cm³/mol. The molecule has 4 aromatic rings. The first-order valence-corrected chi connectivity index (χ1v) is 13.4. The molecule has 0 amide bonds. The normalized spacial score (nSPS) is 12.2. The van der Waals surface area contributed by atoms with E-state index in [2.05, 4.69) is 4.72 Å². The minimum Gasteiger partial charge on any atom is -0.497 e. The second-order valence-corrected chi connectivity index (χ2v) is 11.8. The molecule has 7 nitrogen and oxygen atoms in total. The number of methoxy groups -OCH3 is 2. The Morgan fingerprint density at radius 3 is 2.23 bits per heavy atom. The Balaban J connectivity index is 1.95. The predicted octanol–water partition coefficient (Wildman–Crippen LogP) is 4.80. The lowest BCUT2D eigenvalue weighted by Gasteiger charge is -2.11. The highest BCUT2D eigenvalue weighted by Crippen LogP contribution is 2.43. The van der Waals surface area contributed by atoms with Crippen molar-refractivity contribution in [1.29, 1.82) is 0 Å². The number of anilines is 1. The van der Waals surface area contributed by atoms with Gasteiger partial charge in [-0.25, -0.2) is 16.8 Å². The summed E-state index contributed by atoms with van der Waals surface area (Å²) in [7, 11) is 0.502. The molecule has 11 heteroatoms. The Bertz CT molecular complexity index is 1510. The summed E-state index contributed by atoms with van der Waals surface area (Å²) in [5.74, 6) is 1.07. The van der Waals surface area contributed by atoms with Crippen LogP contribution in [0.15, 0.2) is 64.4 Å². The number of ether oxygens (including phenoxy) is 2. The molecule has 31 heavy (non-hydrogen) atoms. The van der Waals surface area contributed by atoms with Gasteiger partial charge in [0, 0.05) is 31.8 Å². The summed E-state index contributed by atoms with van der Waals surface area (Å²) in [6.45, 7) is 0. The molecule has 0 spiro atoms. The van der Waals surface area contributed by atoms with Crippen LogP contribution in [0.5, 0.6) is 11.5 Å². The van der Waals surface area contributed by atoms with Gasteiger partial charge >= 0.3 is 0 Å². The summed E-state index contributed by atoms with van der Waals surface area (Å²) >= 11 is 1.30. The van der Waals surface area contributed by atoms with E-state index < -0.39 is 19.1 Å². The van der Waals surface area contributed by atoms with Crippen LogP contribution in [0.2, 0.25) is 0 Å². The number of hydrogen-bond donors (Lipinski definition) is 1. The van der Waals surface area contributed by atoms with E-state index in [1.807, 2.05) is 0 Å². The molecule has 0 saturated heterocycles. The summed E-state index contributed by atoms with van der Waals surface area (Å²) in [6.07, 6.45) is 0. The largest absolute Gasteiger partial charge is 0.497 e. The van der Waals surface area contributed by atoms with Gasteiger partial charge in [-0.15, -0.1) is 11.3 Å². The lowest BCUT2D eigenvalue weighted by atomic mass is 10.1. The Kier molecular flexibility index (Phi) is 5.50. The highest BCUT2D eigenvalue weighted by Gasteiger charge is 2.24. The maximum absolute atomic E-state index is 13.3. The first-order valence-electron chi connectivity index (χ1n) is 8.79. The molecule has 1 aromatic heterocycles. The van der Waals surface area contributed by atoms with Crippen molar-refractivity contribution in [2.24, 2.45) is 0 Å². The van der Waals surface area contributed by atoms with Crippen molar-refractivity contribution in [1.82, 2.24) is 0 Å². The van der Waals surface area contributed by atoms with Gasteiger partial charge in [-0.3, -0.25) is 4.72 Å². The van der Waals surface area contributed by atoms with Gasteiger partial charge < -0.3 is 9.47 Å². The highest BCUT2D eigenvalue weighted by molar-refractivity contribution is 8.13. The third-order valence-electron chi connectivity index (χ3n) is 4.65. The van der Waals surface area contributed by atoms with Crippen LogP contribution in [0.4, 0.5) is 5.69 Å². The van der Waals surface area contributed by atoms with E-state index in [0.717, 1.165) is 0 Å². The molecule has 0 saturated carbocycles. The van der Waals surface area contributed by atoms with Crippen molar-refractivity contribution >= 4 is 67.0 Å². The van der Waals surface area contributed by atoms with Crippen molar-refractivity contribution in [2.45, 2.75) is 9.79 Å². The molecule has 0 aliphatic heterocycles. The van der Waals surface area contributed by atoms with Gasteiger partial charge in [-0.05, 0) is 54.6 Å². The number of nitrogens with one attached hydrogen (secondary N) is 1. The summed E-state index contributed by atoms with van der Waals surface area (Å²) in [5, 5.41) is 0.818. The van der Waals surface area contributed by atoms with Crippen molar-refractivity contribution in [3.8, 4) is 11.5 Å². The number of halogens is 1. The van der Waals surface area contributed by atoms with Gasteiger partial charge in [0.1, 0.15) is 11.5 Å². The van der Waals surface area contributed by atoms with Gasteiger partial charge in [-0.2, -0.15) is 0 Å². The fourth-order valence-corrected chi connectivity index (χ4v) is 6.54. The van der Waals surface area contributed by atoms with Crippen LogP contribution in [0, 0.1) is 0 Å². The average molecular weight is 498 g/mol. The SMILES string of the molecule is COc1ccc(NS(=O)(=O)c2ccc(OC)c3sc4ccc(S(=O)(=O)Cl)cc4c23)cc1. The number of sulfonamides is 1. The number of hydrogen-bond acceptors (Lipinski definition) is 7. The van der Waals surface area contributed by atoms with Crippen LogP contribution in [0.25, 0.3) is 20.2 Å². The topological polar surface area (TPSA) is 98.8 Å². The first kappa shape index (κ1) is 21.7. The molecular weight excluding hydrogens is 482 g/mol. The summed E-state index contributed by atoms with van der Waals surface area (Å²) in [4.78, 5) is -0.120. The Morgan fingerprint density at radius 2 is 1.61 bits per heavy atom.